The van der Waals surface area contributed by atoms with Crippen molar-refractivity contribution in [3.05, 3.63) is 24.6 Å². The van der Waals surface area contributed by atoms with Crippen LogP contribution >= 0.6 is 0 Å². The Morgan fingerprint density at radius 2 is 2.15 bits per heavy atom. The first-order valence-electron chi connectivity index (χ1n) is 3.40. The van der Waals surface area contributed by atoms with Gasteiger partial charge in [0.15, 0.2) is 0 Å². The maximum absolute atomic E-state index is 8.81. The van der Waals surface area contributed by atoms with Crippen molar-refractivity contribution in [2.75, 3.05) is 0 Å². The van der Waals surface area contributed by atoms with Gasteiger partial charge < -0.3 is 19.4 Å². The first kappa shape index (κ1) is 10.4. The third-order valence-electron chi connectivity index (χ3n) is 1.60. The van der Waals surface area contributed by atoms with Gasteiger partial charge in [-0.05, 0) is 16.6 Å². The molecule has 0 aliphatic rings. The summed E-state index contributed by atoms with van der Waals surface area (Å²) in [5, 5.41) is 17.6. The molecule has 2 N–H and O–H groups in total. The summed E-state index contributed by atoms with van der Waals surface area (Å²) in [7, 11) is -1.47. The van der Waals surface area contributed by atoms with Crippen molar-refractivity contribution in [3.63, 3.8) is 0 Å². The Morgan fingerprint density at radius 1 is 1.38 bits per heavy atom. The SMILES string of the molecule is OB(O)c1ccc2o[c-]nc2c1.[Re]. The smallest absolute Gasteiger partial charge is 0.487 e. The van der Waals surface area contributed by atoms with Gasteiger partial charge in [-0.25, -0.2) is 0 Å². The molecule has 6 heteroatoms. The van der Waals surface area contributed by atoms with Gasteiger partial charge >= 0.3 is 7.12 Å². The summed E-state index contributed by atoms with van der Waals surface area (Å²) >= 11 is 0. The summed E-state index contributed by atoms with van der Waals surface area (Å²) in [4.78, 5) is 3.75. The van der Waals surface area contributed by atoms with Crippen LogP contribution in [0, 0.1) is 6.39 Å². The molecule has 1 radical (unpaired) electrons. The van der Waals surface area contributed by atoms with E-state index in [1.807, 2.05) is 0 Å². The maximum Gasteiger partial charge on any atom is 0.487 e. The van der Waals surface area contributed by atoms with E-state index in [1.165, 1.54) is 0 Å². The zero-order chi connectivity index (χ0) is 8.55. The van der Waals surface area contributed by atoms with E-state index >= 15 is 0 Å². The molecule has 0 bridgehead atoms. The number of hydrogen-bond acceptors (Lipinski definition) is 4. The van der Waals surface area contributed by atoms with Crippen LogP contribution in [0.25, 0.3) is 11.1 Å². The molecule has 0 fully saturated rings. The van der Waals surface area contributed by atoms with Crippen molar-refractivity contribution in [3.8, 4) is 0 Å². The molecule has 67 valence electrons. The van der Waals surface area contributed by atoms with Crippen LogP contribution in [-0.4, -0.2) is 22.2 Å². The van der Waals surface area contributed by atoms with Crippen molar-refractivity contribution >= 4 is 23.7 Å². The number of oxazole rings is 1. The van der Waals surface area contributed by atoms with Gasteiger partial charge in [-0.2, -0.15) is 0 Å². The summed E-state index contributed by atoms with van der Waals surface area (Å²) in [5.41, 5.74) is 1.55. The second-order valence-corrected chi connectivity index (χ2v) is 2.41. The fourth-order valence-corrected chi connectivity index (χ4v) is 0.990. The van der Waals surface area contributed by atoms with E-state index < -0.39 is 7.12 Å². The van der Waals surface area contributed by atoms with Crippen LogP contribution in [0.5, 0.6) is 0 Å². The minimum atomic E-state index is -1.47. The normalized spacial score (nSPS) is 9.69. The average molecular weight is 348 g/mol. The molecule has 2 aromatic rings. The molecular formula is C7H5BNO3Re-. The molecule has 1 heterocycles. The standard InChI is InChI=1S/C7H5BNO3.Re/c10-8(11)5-1-2-7-6(3-5)9-4-12-7;/h1-3,10-11H;/q-1;. The van der Waals surface area contributed by atoms with Crippen molar-refractivity contribution in [1.29, 1.82) is 0 Å². The van der Waals surface area contributed by atoms with Crippen molar-refractivity contribution in [2.45, 2.75) is 0 Å². The Bertz CT molecular complexity index is 403. The molecule has 0 saturated heterocycles. The van der Waals surface area contributed by atoms with Crippen molar-refractivity contribution in [1.82, 2.24) is 4.98 Å². The van der Waals surface area contributed by atoms with Gasteiger partial charge in [0.25, 0.3) is 0 Å². The van der Waals surface area contributed by atoms with Gasteiger partial charge in [0, 0.05) is 20.4 Å². The molecule has 0 unspecified atom stereocenters. The van der Waals surface area contributed by atoms with Gasteiger partial charge in [-0.15, -0.1) is 6.07 Å². The minimum Gasteiger partial charge on any atom is -0.573 e. The summed E-state index contributed by atoms with van der Waals surface area (Å²) in [6.07, 6.45) is 2.32. The van der Waals surface area contributed by atoms with Crippen LogP contribution in [0.1, 0.15) is 0 Å². The molecule has 4 nitrogen and oxygen atoms in total. The molecule has 0 spiro atoms. The van der Waals surface area contributed by atoms with Crippen LogP contribution in [0.4, 0.5) is 0 Å². The van der Waals surface area contributed by atoms with Crippen LogP contribution < -0.4 is 5.46 Å². The number of hydrogen-bond donors (Lipinski definition) is 2. The second kappa shape index (κ2) is 4.03. The van der Waals surface area contributed by atoms with E-state index in [2.05, 4.69) is 11.4 Å². The number of fused-ring (bicyclic) bond motifs is 1. The first-order valence-corrected chi connectivity index (χ1v) is 3.40. The summed E-state index contributed by atoms with van der Waals surface area (Å²) < 4.78 is 4.85. The Balaban J connectivity index is 0.000000845. The Kier molecular flexibility index (Phi) is 3.23. The third kappa shape index (κ3) is 1.98. The second-order valence-electron chi connectivity index (χ2n) is 2.41. The third-order valence-corrected chi connectivity index (χ3v) is 1.60. The van der Waals surface area contributed by atoms with Gasteiger partial charge in [-0.3, -0.25) is 0 Å². The Hall–Kier alpha value is -0.663. The number of rotatable bonds is 1. The fraction of sp³-hybridized carbons (Fsp3) is 0. The molecule has 1 aromatic heterocycles. The van der Waals surface area contributed by atoms with Crippen LogP contribution in [-0.2, 0) is 20.4 Å². The van der Waals surface area contributed by atoms with E-state index in [4.69, 9.17) is 14.5 Å². The zero-order valence-corrected chi connectivity index (χ0v) is 9.15. The topological polar surface area (TPSA) is 66.5 Å². The average Bonchev–Trinajstić information content (AvgIpc) is 2.49. The molecule has 0 saturated carbocycles. The summed E-state index contributed by atoms with van der Waals surface area (Å²) in [6, 6.07) is 4.72. The van der Waals surface area contributed by atoms with Gasteiger partial charge in [-0.1, -0.05) is 12.1 Å². The molecule has 1 aromatic carbocycles. The molecule has 0 amide bonds. The quantitative estimate of drug-likeness (QED) is 0.529. The van der Waals surface area contributed by atoms with E-state index in [0.717, 1.165) is 0 Å². The molecule has 0 aliphatic carbocycles. The molecular weight excluding hydrogens is 343 g/mol. The van der Waals surface area contributed by atoms with Crippen LogP contribution in [0.15, 0.2) is 22.6 Å². The van der Waals surface area contributed by atoms with Gasteiger partial charge in [0.1, 0.15) is 6.39 Å². The zero-order valence-electron chi connectivity index (χ0n) is 6.44. The number of nitrogens with zero attached hydrogens (tertiary/aromatic N) is 1. The van der Waals surface area contributed by atoms with E-state index in [-0.39, 0.29) is 20.4 Å². The monoisotopic (exact) mass is 349 g/mol. The fourth-order valence-electron chi connectivity index (χ4n) is 0.990. The number of benzene rings is 1. The van der Waals surface area contributed by atoms with Crippen LogP contribution in [0.2, 0.25) is 0 Å². The summed E-state index contributed by atoms with van der Waals surface area (Å²) in [6.45, 7) is 0. The predicted octanol–water partition coefficient (Wildman–Crippen LogP) is -0.695. The van der Waals surface area contributed by atoms with Crippen LogP contribution in [0.3, 0.4) is 0 Å². The maximum atomic E-state index is 8.81. The van der Waals surface area contributed by atoms with E-state index in [0.29, 0.717) is 16.6 Å². The summed E-state index contributed by atoms with van der Waals surface area (Å²) in [5.74, 6) is 0. The Morgan fingerprint density at radius 3 is 2.85 bits per heavy atom. The van der Waals surface area contributed by atoms with Crippen molar-refractivity contribution in [2.24, 2.45) is 0 Å². The Labute approximate surface area is 88.4 Å². The van der Waals surface area contributed by atoms with E-state index in [9.17, 15) is 0 Å². The largest absolute Gasteiger partial charge is 0.573 e. The molecule has 0 atom stereocenters. The molecule has 2 rings (SSSR count). The first-order chi connectivity index (χ1) is 5.77. The minimum absolute atomic E-state index is 0. The van der Waals surface area contributed by atoms with E-state index in [1.54, 1.807) is 18.2 Å². The van der Waals surface area contributed by atoms with Gasteiger partial charge in [0.2, 0.25) is 0 Å². The predicted molar refractivity (Wildman–Crippen MR) is 42.7 cm³/mol. The van der Waals surface area contributed by atoms with Crippen molar-refractivity contribution < 1.29 is 34.9 Å². The molecule has 13 heavy (non-hydrogen) atoms. The number of aromatic nitrogens is 1. The molecule has 0 aliphatic heterocycles. The van der Waals surface area contributed by atoms with Gasteiger partial charge in [0.05, 0.1) is 0 Å².